The highest BCUT2D eigenvalue weighted by atomic mass is 35.5. The Bertz CT molecular complexity index is 307. The second kappa shape index (κ2) is 4.79. The van der Waals surface area contributed by atoms with Gasteiger partial charge in [0, 0.05) is 18.3 Å². The molecule has 3 saturated carbocycles. The predicted octanol–water partition coefficient (Wildman–Crippen LogP) is 2.95. The normalized spacial score (nSPS) is 42.8. The number of hydrogen-bond acceptors (Lipinski definition) is 1. The van der Waals surface area contributed by atoms with Crippen molar-refractivity contribution in [3.05, 3.63) is 0 Å². The number of carbonyl (C=O) groups excluding carboxylic acids is 1. The maximum atomic E-state index is 11.8. The summed E-state index contributed by atoms with van der Waals surface area (Å²) in [5.41, 5.74) is 0. The molecule has 3 aliphatic carbocycles. The van der Waals surface area contributed by atoms with Crippen LogP contribution in [-0.4, -0.2) is 17.8 Å². The monoisotopic (exact) mass is 255 g/mol. The van der Waals surface area contributed by atoms with E-state index in [-0.39, 0.29) is 5.91 Å². The Morgan fingerprint density at radius 2 is 2.00 bits per heavy atom. The molecule has 0 spiro atoms. The lowest BCUT2D eigenvalue weighted by Gasteiger charge is -2.32. The van der Waals surface area contributed by atoms with Crippen LogP contribution in [0.25, 0.3) is 0 Å². The molecule has 2 bridgehead atoms. The fraction of sp³-hybridized carbons (Fsp3) is 0.929. The van der Waals surface area contributed by atoms with Crippen molar-refractivity contribution in [3.63, 3.8) is 0 Å². The molecule has 0 aliphatic heterocycles. The minimum atomic E-state index is 0.220. The molecule has 2 nitrogen and oxygen atoms in total. The van der Waals surface area contributed by atoms with Crippen LogP contribution >= 0.6 is 11.6 Å². The molecule has 0 aromatic rings. The molecule has 0 heterocycles. The van der Waals surface area contributed by atoms with Crippen molar-refractivity contribution in [2.24, 2.45) is 23.7 Å². The first-order valence-corrected chi connectivity index (χ1v) is 7.68. The van der Waals surface area contributed by atoms with Gasteiger partial charge in [0.15, 0.2) is 0 Å². The molecule has 3 rings (SSSR count). The van der Waals surface area contributed by atoms with Crippen molar-refractivity contribution in [2.45, 2.75) is 51.0 Å². The Kier molecular flexibility index (Phi) is 3.34. The van der Waals surface area contributed by atoms with Crippen LogP contribution in [0.15, 0.2) is 0 Å². The summed E-state index contributed by atoms with van der Waals surface area (Å²) >= 11 is 5.62. The number of hydrogen-bond donors (Lipinski definition) is 1. The minimum Gasteiger partial charge on any atom is -0.353 e. The summed E-state index contributed by atoms with van der Waals surface area (Å²) in [6.07, 6.45) is 8.34. The largest absolute Gasteiger partial charge is 0.353 e. The maximum Gasteiger partial charge on any atom is 0.220 e. The number of fused-ring (bicyclic) bond motifs is 5. The zero-order valence-electron chi connectivity index (χ0n) is 10.3. The summed E-state index contributed by atoms with van der Waals surface area (Å²) in [5, 5.41) is 3.26. The zero-order chi connectivity index (χ0) is 11.8. The average Bonchev–Trinajstić information content (AvgIpc) is 2.96. The van der Waals surface area contributed by atoms with Gasteiger partial charge in [0.05, 0.1) is 0 Å². The van der Waals surface area contributed by atoms with E-state index >= 15 is 0 Å². The van der Waals surface area contributed by atoms with Crippen LogP contribution in [0.5, 0.6) is 0 Å². The lowest BCUT2D eigenvalue weighted by Crippen LogP contribution is -2.42. The second-order valence-electron chi connectivity index (χ2n) is 6.12. The summed E-state index contributed by atoms with van der Waals surface area (Å²) in [6.45, 7) is 0. The van der Waals surface area contributed by atoms with Crippen molar-refractivity contribution in [1.82, 2.24) is 5.32 Å². The van der Waals surface area contributed by atoms with Gasteiger partial charge in [-0.25, -0.2) is 0 Å². The molecule has 3 fully saturated rings. The number of nitrogens with one attached hydrogen (secondary N) is 1. The van der Waals surface area contributed by atoms with Crippen LogP contribution in [-0.2, 0) is 4.79 Å². The van der Waals surface area contributed by atoms with Crippen LogP contribution in [0, 0.1) is 23.7 Å². The summed E-state index contributed by atoms with van der Waals surface area (Å²) in [4.78, 5) is 11.8. The van der Waals surface area contributed by atoms with Crippen LogP contribution in [0.4, 0.5) is 0 Å². The lowest BCUT2D eigenvalue weighted by atomic mass is 9.79. The zero-order valence-corrected chi connectivity index (χ0v) is 11.1. The highest BCUT2D eigenvalue weighted by molar-refractivity contribution is 6.17. The van der Waals surface area contributed by atoms with E-state index in [9.17, 15) is 4.79 Å². The first-order chi connectivity index (χ1) is 8.29. The Balaban J connectivity index is 1.55. The molecule has 96 valence electrons. The fourth-order valence-electron chi connectivity index (χ4n) is 4.74. The number of amides is 1. The van der Waals surface area contributed by atoms with Crippen molar-refractivity contribution in [1.29, 1.82) is 0 Å². The van der Waals surface area contributed by atoms with Gasteiger partial charge in [-0.1, -0.05) is 6.42 Å². The Labute approximate surface area is 108 Å². The van der Waals surface area contributed by atoms with Gasteiger partial charge in [-0.05, 0) is 55.8 Å². The summed E-state index contributed by atoms with van der Waals surface area (Å²) in [6, 6.07) is 0.488. The molecule has 17 heavy (non-hydrogen) atoms. The van der Waals surface area contributed by atoms with E-state index in [4.69, 9.17) is 11.6 Å². The predicted molar refractivity (Wildman–Crippen MR) is 68.9 cm³/mol. The molecule has 1 N–H and O–H groups in total. The second-order valence-corrected chi connectivity index (χ2v) is 6.50. The molecular weight excluding hydrogens is 234 g/mol. The lowest BCUT2D eigenvalue weighted by molar-refractivity contribution is -0.122. The fourth-order valence-corrected chi connectivity index (χ4v) is 4.87. The minimum absolute atomic E-state index is 0.220. The molecule has 3 heteroatoms. The highest BCUT2D eigenvalue weighted by Gasteiger charge is 2.53. The Hall–Kier alpha value is -0.240. The van der Waals surface area contributed by atoms with E-state index in [1.54, 1.807) is 0 Å². The van der Waals surface area contributed by atoms with Gasteiger partial charge in [0.1, 0.15) is 0 Å². The molecular formula is C14H22ClNO. The molecule has 0 aromatic heterocycles. The van der Waals surface area contributed by atoms with E-state index in [0.717, 1.165) is 30.1 Å². The number of carbonyl (C=O) groups is 1. The van der Waals surface area contributed by atoms with E-state index < -0.39 is 0 Å². The molecule has 0 aromatic carbocycles. The third kappa shape index (κ3) is 2.09. The SMILES string of the molecule is O=C(CCCCl)NC1CC2CC1C1CCCC21. The molecule has 3 aliphatic rings. The van der Waals surface area contributed by atoms with Crippen molar-refractivity contribution in [3.8, 4) is 0 Å². The van der Waals surface area contributed by atoms with Crippen molar-refractivity contribution >= 4 is 17.5 Å². The van der Waals surface area contributed by atoms with Gasteiger partial charge in [-0.15, -0.1) is 11.6 Å². The van der Waals surface area contributed by atoms with Gasteiger partial charge in [0.25, 0.3) is 0 Å². The summed E-state index contributed by atoms with van der Waals surface area (Å²) in [5.74, 6) is 4.48. The smallest absolute Gasteiger partial charge is 0.220 e. The quantitative estimate of drug-likeness (QED) is 0.769. The van der Waals surface area contributed by atoms with Crippen molar-refractivity contribution in [2.75, 3.05) is 5.88 Å². The average molecular weight is 256 g/mol. The first-order valence-electron chi connectivity index (χ1n) is 7.15. The number of halogens is 1. The van der Waals surface area contributed by atoms with Crippen molar-refractivity contribution < 1.29 is 4.79 Å². The van der Waals surface area contributed by atoms with Gasteiger partial charge < -0.3 is 5.32 Å². The van der Waals surface area contributed by atoms with E-state index in [0.29, 0.717) is 18.3 Å². The standard InChI is InChI=1S/C14H22ClNO/c15-6-2-5-14(17)16-13-8-9-7-12(13)11-4-1-3-10(9)11/h9-13H,1-8H2,(H,16,17). The van der Waals surface area contributed by atoms with Gasteiger partial charge in [-0.2, -0.15) is 0 Å². The van der Waals surface area contributed by atoms with Crippen LogP contribution < -0.4 is 5.32 Å². The van der Waals surface area contributed by atoms with E-state index in [1.807, 2.05) is 0 Å². The molecule has 5 unspecified atom stereocenters. The highest BCUT2D eigenvalue weighted by Crippen LogP contribution is 2.58. The van der Waals surface area contributed by atoms with Crippen LogP contribution in [0.3, 0.4) is 0 Å². The first kappa shape index (κ1) is 11.8. The van der Waals surface area contributed by atoms with E-state index in [2.05, 4.69) is 5.32 Å². The third-order valence-electron chi connectivity index (χ3n) is 5.31. The van der Waals surface area contributed by atoms with Crippen LogP contribution in [0.1, 0.15) is 44.9 Å². The molecule has 5 atom stereocenters. The van der Waals surface area contributed by atoms with Gasteiger partial charge in [-0.3, -0.25) is 4.79 Å². The van der Waals surface area contributed by atoms with E-state index in [1.165, 1.54) is 32.1 Å². The third-order valence-corrected chi connectivity index (χ3v) is 5.58. The topological polar surface area (TPSA) is 29.1 Å². The Morgan fingerprint density at radius 1 is 1.18 bits per heavy atom. The number of rotatable bonds is 4. The maximum absolute atomic E-state index is 11.8. The summed E-state index contributed by atoms with van der Waals surface area (Å²) in [7, 11) is 0. The number of alkyl halides is 1. The van der Waals surface area contributed by atoms with Gasteiger partial charge >= 0.3 is 0 Å². The van der Waals surface area contributed by atoms with Crippen LogP contribution in [0.2, 0.25) is 0 Å². The Morgan fingerprint density at radius 3 is 2.82 bits per heavy atom. The summed E-state index contributed by atoms with van der Waals surface area (Å²) < 4.78 is 0. The molecule has 0 saturated heterocycles. The molecule has 1 amide bonds. The van der Waals surface area contributed by atoms with Gasteiger partial charge in [0.2, 0.25) is 5.91 Å². The molecule has 0 radical (unpaired) electrons.